The minimum absolute atomic E-state index is 0.0320. The number of rotatable bonds is 7. The molecule has 0 saturated carbocycles. The van der Waals surface area contributed by atoms with E-state index in [1.807, 2.05) is 54.4 Å². The lowest BCUT2D eigenvalue weighted by Gasteiger charge is -2.30. The largest absolute Gasteiger partial charge is 0.490 e. The smallest absolute Gasteiger partial charge is 0.234 e. The summed E-state index contributed by atoms with van der Waals surface area (Å²) in [6.45, 7) is 6.83. The van der Waals surface area contributed by atoms with Gasteiger partial charge in [0.25, 0.3) is 0 Å². The number of fused-ring (bicyclic) bond motifs is 2. The predicted octanol–water partition coefficient (Wildman–Crippen LogP) is 3.43. The highest BCUT2D eigenvalue weighted by molar-refractivity contribution is 5.78. The molecule has 0 aromatic heterocycles. The maximum atomic E-state index is 12.8. The Morgan fingerprint density at radius 1 is 1.03 bits per heavy atom. The summed E-state index contributed by atoms with van der Waals surface area (Å²) in [6.07, 6.45) is 0.743. The van der Waals surface area contributed by atoms with Crippen LogP contribution in [0.2, 0.25) is 0 Å². The molecule has 1 N–H and O–H groups in total. The Hall–Kier alpha value is -2.93. The highest BCUT2D eigenvalue weighted by Crippen LogP contribution is 2.34. The van der Waals surface area contributed by atoms with E-state index in [0.717, 1.165) is 35.0 Å². The van der Waals surface area contributed by atoms with Gasteiger partial charge in [-0.2, -0.15) is 0 Å². The van der Waals surface area contributed by atoms with Crippen LogP contribution in [0, 0.1) is 5.92 Å². The number of hydrogen-bond acceptors (Lipinski definition) is 6. The van der Waals surface area contributed by atoms with Gasteiger partial charge in [0, 0.05) is 13.0 Å². The molecule has 2 aliphatic heterocycles. The third-order valence-electron chi connectivity index (χ3n) is 5.61. The van der Waals surface area contributed by atoms with Gasteiger partial charge in [0.05, 0.1) is 25.8 Å². The quantitative estimate of drug-likeness (QED) is 0.712. The van der Waals surface area contributed by atoms with Crippen LogP contribution in [0.3, 0.4) is 0 Å². The molecule has 172 valence electrons. The van der Waals surface area contributed by atoms with Crippen molar-refractivity contribution in [1.82, 2.24) is 10.2 Å². The van der Waals surface area contributed by atoms with Gasteiger partial charge in [-0.3, -0.25) is 9.69 Å². The summed E-state index contributed by atoms with van der Waals surface area (Å²) in [5.74, 6) is 3.20. The molecule has 0 radical (unpaired) electrons. The molecule has 7 nitrogen and oxygen atoms in total. The summed E-state index contributed by atoms with van der Waals surface area (Å²) in [5.41, 5.74) is 1.01. The van der Waals surface area contributed by atoms with Crippen molar-refractivity contribution < 1.29 is 23.7 Å². The Bertz CT molecular complexity index is 932. The van der Waals surface area contributed by atoms with Gasteiger partial charge in [0.15, 0.2) is 23.0 Å². The molecule has 0 aliphatic carbocycles. The molecular weight excluding hydrogens is 408 g/mol. The van der Waals surface area contributed by atoms with Gasteiger partial charge in [-0.05, 0) is 42.8 Å². The predicted molar refractivity (Wildman–Crippen MR) is 122 cm³/mol. The van der Waals surface area contributed by atoms with E-state index in [1.165, 1.54) is 0 Å². The van der Waals surface area contributed by atoms with Gasteiger partial charge < -0.3 is 24.3 Å². The van der Waals surface area contributed by atoms with Crippen molar-refractivity contribution in [2.24, 2.45) is 5.92 Å². The maximum absolute atomic E-state index is 12.8. The summed E-state index contributed by atoms with van der Waals surface area (Å²) in [4.78, 5) is 14.8. The fraction of sp³-hybridized carbons (Fsp3) is 0.480. The van der Waals surface area contributed by atoms with Crippen LogP contribution >= 0.6 is 0 Å². The van der Waals surface area contributed by atoms with E-state index in [4.69, 9.17) is 18.9 Å². The molecule has 0 spiro atoms. The highest BCUT2D eigenvalue weighted by Gasteiger charge is 2.25. The van der Waals surface area contributed by atoms with Crippen molar-refractivity contribution >= 4 is 5.91 Å². The molecule has 7 heteroatoms. The molecule has 2 aliphatic rings. The number of ether oxygens (including phenoxy) is 4. The van der Waals surface area contributed by atoms with Crippen molar-refractivity contribution in [1.29, 1.82) is 0 Å². The second kappa shape index (κ2) is 10.1. The molecule has 32 heavy (non-hydrogen) atoms. The normalized spacial score (nSPS) is 18.2. The number of carbonyl (C=O) groups excluding carboxylic acids is 1. The first-order valence-electron chi connectivity index (χ1n) is 11.3. The van der Waals surface area contributed by atoms with Crippen LogP contribution < -0.4 is 24.3 Å². The average Bonchev–Trinajstić information content (AvgIpc) is 3.02. The fourth-order valence-corrected chi connectivity index (χ4v) is 4.04. The van der Waals surface area contributed by atoms with Crippen molar-refractivity contribution in [2.45, 2.75) is 32.4 Å². The summed E-state index contributed by atoms with van der Waals surface area (Å²) < 4.78 is 23.3. The van der Waals surface area contributed by atoms with Gasteiger partial charge in [0.2, 0.25) is 5.91 Å². The molecule has 0 unspecified atom stereocenters. The van der Waals surface area contributed by atoms with Gasteiger partial charge in [-0.1, -0.05) is 32.0 Å². The van der Waals surface area contributed by atoms with Crippen molar-refractivity contribution in [3.05, 3.63) is 48.0 Å². The number of likely N-dealkylation sites (N-methyl/N-ethyl adjacent to an activating group) is 1. The van der Waals surface area contributed by atoms with Crippen molar-refractivity contribution in [3.8, 4) is 23.0 Å². The molecule has 2 heterocycles. The second-order valence-electron chi connectivity index (χ2n) is 8.74. The first-order valence-corrected chi connectivity index (χ1v) is 11.3. The lowest BCUT2D eigenvalue weighted by Crippen LogP contribution is -2.44. The van der Waals surface area contributed by atoms with E-state index in [1.54, 1.807) is 0 Å². The molecule has 0 fully saturated rings. The Kier molecular flexibility index (Phi) is 7.05. The van der Waals surface area contributed by atoms with E-state index in [2.05, 4.69) is 19.2 Å². The Morgan fingerprint density at radius 3 is 2.53 bits per heavy atom. The van der Waals surface area contributed by atoms with Gasteiger partial charge >= 0.3 is 0 Å². The number of amides is 1. The number of hydrogen-bond donors (Lipinski definition) is 1. The number of carbonyl (C=O) groups is 1. The molecule has 2 aromatic carbocycles. The first-order chi connectivity index (χ1) is 15.5. The molecule has 2 atom stereocenters. The fourth-order valence-electron chi connectivity index (χ4n) is 4.04. The summed E-state index contributed by atoms with van der Waals surface area (Å²) in [5, 5.41) is 3.19. The number of para-hydroxylation sites is 2. The lowest BCUT2D eigenvalue weighted by molar-refractivity contribution is -0.123. The van der Waals surface area contributed by atoms with Crippen LogP contribution in [0.4, 0.5) is 0 Å². The van der Waals surface area contributed by atoms with E-state index in [0.29, 0.717) is 26.4 Å². The summed E-state index contributed by atoms with van der Waals surface area (Å²) >= 11 is 0. The SMILES string of the molecule is CC(C)[C@@H](NC(=O)CN(C)C[C@H]1COc2ccccc2O1)c1ccc2c(c1)OCCCO2. The number of benzene rings is 2. The van der Waals surface area contributed by atoms with Crippen LogP contribution in [-0.4, -0.2) is 56.9 Å². The van der Waals surface area contributed by atoms with Crippen LogP contribution in [-0.2, 0) is 4.79 Å². The van der Waals surface area contributed by atoms with Crippen molar-refractivity contribution in [2.75, 3.05) is 40.0 Å². The van der Waals surface area contributed by atoms with Crippen LogP contribution in [0.1, 0.15) is 31.9 Å². The molecule has 1 amide bonds. The van der Waals surface area contributed by atoms with Crippen LogP contribution in [0.15, 0.2) is 42.5 Å². The van der Waals surface area contributed by atoms with E-state index in [9.17, 15) is 4.79 Å². The molecular formula is C25H32N2O5. The zero-order valence-electron chi connectivity index (χ0n) is 19.0. The van der Waals surface area contributed by atoms with Gasteiger partial charge in [-0.25, -0.2) is 0 Å². The molecule has 0 bridgehead atoms. The summed E-state index contributed by atoms with van der Waals surface area (Å²) in [6, 6.07) is 13.5. The highest BCUT2D eigenvalue weighted by atomic mass is 16.6. The molecule has 4 rings (SSSR count). The topological polar surface area (TPSA) is 69.3 Å². The van der Waals surface area contributed by atoms with Gasteiger partial charge in [0.1, 0.15) is 12.7 Å². The van der Waals surface area contributed by atoms with Crippen molar-refractivity contribution in [3.63, 3.8) is 0 Å². The maximum Gasteiger partial charge on any atom is 0.234 e. The number of nitrogens with zero attached hydrogens (tertiary/aromatic N) is 1. The minimum atomic E-state index is -0.120. The first kappa shape index (κ1) is 22.3. The third-order valence-corrected chi connectivity index (χ3v) is 5.61. The second-order valence-corrected chi connectivity index (χ2v) is 8.74. The minimum Gasteiger partial charge on any atom is -0.490 e. The third kappa shape index (κ3) is 5.46. The van der Waals surface area contributed by atoms with Gasteiger partial charge in [-0.15, -0.1) is 0 Å². The zero-order valence-corrected chi connectivity index (χ0v) is 19.0. The Labute approximate surface area is 189 Å². The monoisotopic (exact) mass is 440 g/mol. The average molecular weight is 441 g/mol. The zero-order chi connectivity index (χ0) is 22.5. The molecule has 2 aromatic rings. The van der Waals surface area contributed by atoms with Crippen LogP contribution in [0.5, 0.6) is 23.0 Å². The molecule has 0 saturated heterocycles. The van der Waals surface area contributed by atoms with E-state index in [-0.39, 0.29) is 30.5 Å². The Balaban J connectivity index is 1.34. The standard InChI is InChI=1S/C25H32N2O5/c1-17(2)25(18-9-10-21-23(13-18)30-12-6-11-29-21)26-24(28)15-27(3)14-19-16-31-20-7-4-5-8-22(20)32-19/h4-5,7-10,13,17,19,25H,6,11-12,14-16H2,1-3H3,(H,26,28)/t19-,25+/m0/s1. The van der Waals surface area contributed by atoms with Crippen LogP contribution in [0.25, 0.3) is 0 Å². The summed E-state index contributed by atoms with van der Waals surface area (Å²) in [7, 11) is 1.92. The lowest BCUT2D eigenvalue weighted by atomic mass is 9.95. The van der Waals surface area contributed by atoms with E-state index >= 15 is 0 Å². The van der Waals surface area contributed by atoms with E-state index < -0.39 is 0 Å². The number of nitrogens with one attached hydrogen (secondary N) is 1. The Morgan fingerprint density at radius 2 is 1.75 bits per heavy atom.